The van der Waals surface area contributed by atoms with Crippen LogP contribution in [-0.2, 0) is 9.36 Å². The summed E-state index contributed by atoms with van der Waals surface area (Å²) in [5, 5.41) is 10.1. The zero-order valence-corrected chi connectivity index (χ0v) is 7.27. The van der Waals surface area contributed by atoms with Gasteiger partial charge in [-0.2, -0.15) is 0 Å². The largest absolute Gasteiger partial charge is 0.480 e. The summed E-state index contributed by atoms with van der Waals surface area (Å²) in [5.74, 6) is -1.55. The minimum absolute atomic E-state index is 0.981. The van der Waals surface area contributed by atoms with Crippen molar-refractivity contribution in [1.82, 2.24) is 5.32 Å². The van der Waals surface area contributed by atoms with Crippen LogP contribution in [0, 0.1) is 0 Å². The number of carboxylic acids is 1. The number of nitrogens with one attached hydrogen (secondary N) is 1. The summed E-state index contributed by atoms with van der Waals surface area (Å²) in [7, 11) is -4.48. The predicted octanol–water partition coefficient (Wildman–Crippen LogP) is -1.71. The van der Waals surface area contributed by atoms with E-state index >= 15 is 0 Å². The molecule has 1 atom stereocenters. The SMILES string of the molecule is NC(=O)NC(CP(=O)(O)O)C(=O)O. The van der Waals surface area contributed by atoms with Crippen molar-refractivity contribution in [3.8, 4) is 0 Å². The van der Waals surface area contributed by atoms with E-state index in [0.717, 1.165) is 0 Å². The Balaban J connectivity index is 4.36. The highest BCUT2D eigenvalue weighted by Crippen LogP contribution is 2.34. The first-order valence-corrected chi connectivity index (χ1v) is 4.85. The lowest BCUT2D eigenvalue weighted by Gasteiger charge is -2.12. The van der Waals surface area contributed by atoms with Crippen molar-refractivity contribution < 1.29 is 29.0 Å². The Morgan fingerprint density at radius 1 is 1.46 bits per heavy atom. The smallest absolute Gasteiger partial charge is 0.328 e. The van der Waals surface area contributed by atoms with Gasteiger partial charge in [0.25, 0.3) is 0 Å². The topological polar surface area (TPSA) is 150 Å². The monoisotopic (exact) mass is 212 g/mol. The van der Waals surface area contributed by atoms with Crippen molar-refractivity contribution in [2.45, 2.75) is 6.04 Å². The van der Waals surface area contributed by atoms with Gasteiger partial charge in [-0.05, 0) is 0 Å². The lowest BCUT2D eigenvalue weighted by atomic mass is 10.3. The van der Waals surface area contributed by atoms with Crippen molar-refractivity contribution in [2.75, 3.05) is 6.16 Å². The first-order chi connectivity index (χ1) is 5.72. The predicted molar refractivity (Wildman–Crippen MR) is 41.1 cm³/mol. The third-order valence-electron chi connectivity index (χ3n) is 1.03. The number of amides is 2. The zero-order chi connectivity index (χ0) is 10.6. The quantitative estimate of drug-likeness (QED) is 0.350. The highest BCUT2D eigenvalue weighted by molar-refractivity contribution is 7.51. The zero-order valence-electron chi connectivity index (χ0n) is 6.38. The number of urea groups is 1. The molecule has 0 radical (unpaired) electrons. The average molecular weight is 212 g/mol. The minimum Gasteiger partial charge on any atom is -0.480 e. The maximum absolute atomic E-state index is 10.4. The standard InChI is InChI=1S/C4H9N2O6P/c5-4(9)6-2(3(7)8)1-13(10,11)12/h2H,1H2,(H,7,8)(H3,5,6,9)(H2,10,11,12). The molecule has 0 heterocycles. The molecular weight excluding hydrogens is 203 g/mol. The molecule has 0 aromatic heterocycles. The Labute approximate surface area is 72.9 Å². The number of carboxylic acid groups (broad SMARTS) is 1. The van der Waals surface area contributed by atoms with Crippen molar-refractivity contribution in [3.05, 3.63) is 0 Å². The van der Waals surface area contributed by atoms with Gasteiger partial charge >= 0.3 is 19.6 Å². The van der Waals surface area contributed by atoms with E-state index in [2.05, 4.69) is 5.73 Å². The number of carbonyl (C=O) groups excluding carboxylic acids is 1. The van der Waals surface area contributed by atoms with Crippen LogP contribution in [0.4, 0.5) is 4.79 Å². The molecule has 0 saturated carbocycles. The summed E-state index contributed by atoms with van der Waals surface area (Å²) in [5.41, 5.74) is 4.58. The molecule has 1 unspecified atom stereocenters. The normalized spacial score (nSPS) is 13.4. The van der Waals surface area contributed by atoms with Gasteiger partial charge in [0.15, 0.2) is 0 Å². The number of carbonyl (C=O) groups is 2. The van der Waals surface area contributed by atoms with Crippen molar-refractivity contribution in [1.29, 1.82) is 0 Å². The summed E-state index contributed by atoms with van der Waals surface area (Å²) in [6.45, 7) is 0. The molecule has 0 aromatic rings. The van der Waals surface area contributed by atoms with Gasteiger partial charge in [0.2, 0.25) is 0 Å². The van der Waals surface area contributed by atoms with E-state index in [4.69, 9.17) is 14.9 Å². The average Bonchev–Trinajstić information content (AvgIpc) is 1.81. The number of aliphatic carboxylic acids is 1. The summed E-state index contributed by atoms with van der Waals surface area (Å²) in [4.78, 5) is 37.3. The molecule has 0 saturated heterocycles. The van der Waals surface area contributed by atoms with Gasteiger partial charge in [-0.15, -0.1) is 0 Å². The van der Waals surface area contributed by atoms with Gasteiger partial charge in [0, 0.05) is 0 Å². The molecular formula is C4H9N2O6P. The van der Waals surface area contributed by atoms with Crippen LogP contribution in [0.15, 0.2) is 0 Å². The summed E-state index contributed by atoms with van der Waals surface area (Å²) in [6.07, 6.45) is -0.981. The molecule has 2 amide bonds. The number of nitrogens with two attached hydrogens (primary N) is 1. The molecule has 0 rings (SSSR count). The van der Waals surface area contributed by atoms with Gasteiger partial charge in [-0.1, -0.05) is 0 Å². The van der Waals surface area contributed by atoms with Crippen LogP contribution < -0.4 is 11.1 Å². The molecule has 0 bridgehead atoms. The first kappa shape index (κ1) is 11.9. The van der Waals surface area contributed by atoms with Crippen LogP contribution in [0.2, 0.25) is 0 Å². The van der Waals surface area contributed by atoms with Gasteiger partial charge in [-0.3, -0.25) is 4.57 Å². The number of hydrogen-bond acceptors (Lipinski definition) is 3. The highest BCUT2D eigenvalue weighted by atomic mass is 31.2. The Morgan fingerprint density at radius 3 is 2.15 bits per heavy atom. The van der Waals surface area contributed by atoms with Crippen LogP contribution in [0.5, 0.6) is 0 Å². The molecule has 76 valence electrons. The van der Waals surface area contributed by atoms with E-state index in [0.29, 0.717) is 0 Å². The van der Waals surface area contributed by atoms with E-state index in [1.807, 2.05) is 0 Å². The maximum Gasteiger partial charge on any atom is 0.328 e. The van der Waals surface area contributed by atoms with Crippen LogP contribution in [0.25, 0.3) is 0 Å². The van der Waals surface area contributed by atoms with E-state index in [9.17, 15) is 14.2 Å². The fraction of sp³-hybridized carbons (Fsp3) is 0.500. The molecule has 13 heavy (non-hydrogen) atoms. The fourth-order valence-electron chi connectivity index (χ4n) is 0.595. The molecule has 0 aliphatic heterocycles. The van der Waals surface area contributed by atoms with E-state index < -0.39 is 31.8 Å². The van der Waals surface area contributed by atoms with Gasteiger partial charge in [0.05, 0.1) is 6.16 Å². The van der Waals surface area contributed by atoms with Crippen molar-refractivity contribution in [2.24, 2.45) is 5.73 Å². The van der Waals surface area contributed by atoms with Crippen LogP contribution >= 0.6 is 7.60 Å². The second kappa shape index (κ2) is 4.22. The summed E-state index contributed by atoms with van der Waals surface area (Å²) in [6, 6.07) is -2.82. The van der Waals surface area contributed by atoms with Gasteiger partial charge in [0.1, 0.15) is 6.04 Å². The van der Waals surface area contributed by atoms with E-state index in [1.165, 1.54) is 0 Å². The van der Waals surface area contributed by atoms with Crippen molar-refractivity contribution >= 4 is 19.6 Å². The Bertz CT molecular complexity index is 259. The van der Waals surface area contributed by atoms with Crippen molar-refractivity contribution in [3.63, 3.8) is 0 Å². The number of hydrogen-bond donors (Lipinski definition) is 5. The van der Waals surface area contributed by atoms with E-state index in [-0.39, 0.29) is 0 Å². The molecule has 0 aromatic carbocycles. The number of primary amides is 1. The minimum atomic E-state index is -4.48. The Kier molecular flexibility index (Phi) is 3.86. The highest BCUT2D eigenvalue weighted by Gasteiger charge is 2.27. The third-order valence-corrected chi connectivity index (χ3v) is 1.88. The maximum atomic E-state index is 10.4. The van der Waals surface area contributed by atoms with E-state index in [1.54, 1.807) is 5.32 Å². The fourth-order valence-corrected chi connectivity index (χ4v) is 1.32. The lowest BCUT2D eigenvalue weighted by molar-refractivity contribution is -0.138. The van der Waals surface area contributed by atoms with Crippen LogP contribution in [0.1, 0.15) is 0 Å². The molecule has 0 aliphatic rings. The summed E-state index contributed by atoms with van der Waals surface area (Å²) >= 11 is 0. The van der Waals surface area contributed by atoms with Gasteiger partial charge < -0.3 is 25.9 Å². The second-order valence-corrected chi connectivity index (χ2v) is 3.94. The molecule has 6 N–H and O–H groups in total. The summed E-state index contributed by atoms with van der Waals surface area (Å²) < 4.78 is 10.4. The lowest BCUT2D eigenvalue weighted by Crippen LogP contribution is -2.45. The third kappa shape index (κ3) is 6.09. The molecule has 8 nitrogen and oxygen atoms in total. The first-order valence-electron chi connectivity index (χ1n) is 3.05. The Hall–Kier alpha value is -1.11. The van der Waals surface area contributed by atoms with Gasteiger partial charge in [-0.25, -0.2) is 9.59 Å². The number of rotatable bonds is 4. The Morgan fingerprint density at radius 2 is 1.92 bits per heavy atom. The van der Waals surface area contributed by atoms with Crippen LogP contribution in [-0.4, -0.2) is 39.1 Å². The molecule has 9 heteroatoms. The second-order valence-electron chi connectivity index (χ2n) is 2.25. The van der Waals surface area contributed by atoms with Crippen LogP contribution in [0.3, 0.4) is 0 Å². The molecule has 0 aliphatic carbocycles. The molecule has 0 fully saturated rings. The molecule has 0 spiro atoms.